The van der Waals surface area contributed by atoms with Crippen molar-refractivity contribution in [3.8, 4) is 11.6 Å². The zero-order valence-electron chi connectivity index (χ0n) is 14.5. The molecule has 136 valence electrons. The molecule has 3 saturated heterocycles. The van der Waals surface area contributed by atoms with E-state index in [2.05, 4.69) is 15.2 Å². The van der Waals surface area contributed by atoms with Crippen molar-refractivity contribution in [3.05, 3.63) is 53.2 Å². The third-order valence-electron chi connectivity index (χ3n) is 5.17. The van der Waals surface area contributed by atoms with E-state index in [9.17, 15) is 4.79 Å². The van der Waals surface area contributed by atoms with Gasteiger partial charge in [-0.1, -0.05) is 17.7 Å². The molecule has 0 saturated carbocycles. The smallest absolute Gasteiger partial charge is 0.251 e. The van der Waals surface area contributed by atoms with Crippen LogP contribution in [0.5, 0.6) is 11.6 Å². The maximum Gasteiger partial charge on any atom is 0.251 e. The number of hydrogen-bond acceptors (Lipinski definition) is 4. The van der Waals surface area contributed by atoms with Crippen LogP contribution in [0.4, 0.5) is 0 Å². The van der Waals surface area contributed by atoms with Gasteiger partial charge in [-0.25, -0.2) is 4.98 Å². The number of benzene rings is 1. The summed E-state index contributed by atoms with van der Waals surface area (Å²) in [7, 11) is 0. The van der Waals surface area contributed by atoms with E-state index in [0.29, 0.717) is 22.3 Å². The van der Waals surface area contributed by atoms with E-state index >= 15 is 0 Å². The Bertz CT molecular complexity index is 759. The quantitative estimate of drug-likeness (QED) is 0.832. The lowest BCUT2D eigenvalue weighted by Crippen LogP contribution is -2.41. The number of hydrogen-bond donors (Lipinski definition) is 1. The first kappa shape index (κ1) is 17.3. The van der Waals surface area contributed by atoms with Crippen LogP contribution in [-0.2, 0) is 0 Å². The number of fused-ring (bicyclic) bond motifs is 4. The highest BCUT2D eigenvalue weighted by molar-refractivity contribution is 6.29. The lowest BCUT2D eigenvalue weighted by Gasteiger charge is -2.26. The number of piperidine rings is 1. The lowest BCUT2D eigenvalue weighted by atomic mass is 9.94. The Morgan fingerprint density at radius 2 is 1.92 bits per heavy atom. The highest BCUT2D eigenvalue weighted by Gasteiger charge is 2.29. The van der Waals surface area contributed by atoms with Crippen LogP contribution in [0.25, 0.3) is 0 Å². The second kappa shape index (κ2) is 7.64. The predicted octanol–water partition coefficient (Wildman–Crippen LogP) is 3.74. The van der Waals surface area contributed by atoms with Crippen LogP contribution in [-0.4, -0.2) is 41.5 Å². The van der Waals surface area contributed by atoms with Crippen LogP contribution >= 0.6 is 11.6 Å². The van der Waals surface area contributed by atoms with Gasteiger partial charge in [-0.2, -0.15) is 0 Å². The van der Waals surface area contributed by atoms with Gasteiger partial charge < -0.3 is 15.0 Å². The molecule has 2 bridgehead atoms. The first-order valence-electron chi connectivity index (χ1n) is 9.09. The minimum absolute atomic E-state index is 0.0232. The molecule has 0 spiro atoms. The number of aromatic nitrogens is 1. The zero-order chi connectivity index (χ0) is 17.9. The SMILES string of the molecule is O=C(NC1CC2CCN(CC2)C1)c1ccc(Oc2cccc(Cl)n2)cc1. The lowest BCUT2D eigenvalue weighted by molar-refractivity contribution is 0.0929. The zero-order valence-corrected chi connectivity index (χ0v) is 15.3. The maximum atomic E-state index is 12.6. The number of pyridine rings is 1. The maximum absolute atomic E-state index is 12.6. The number of carbonyl (C=O) groups is 1. The fourth-order valence-electron chi connectivity index (χ4n) is 3.81. The van der Waals surface area contributed by atoms with Crippen molar-refractivity contribution in [3.63, 3.8) is 0 Å². The monoisotopic (exact) mass is 371 g/mol. The number of amides is 1. The molecule has 6 heteroatoms. The summed E-state index contributed by atoms with van der Waals surface area (Å²) in [5, 5.41) is 3.58. The average molecular weight is 372 g/mol. The standard InChI is InChI=1S/C20H22ClN3O2/c21-18-2-1-3-19(23-18)26-17-6-4-15(5-7-17)20(25)22-16-12-14-8-10-24(13-16)11-9-14/h1-7,14,16H,8-13H2,(H,22,25). The molecule has 1 N–H and O–H groups in total. The Balaban J connectivity index is 1.37. The predicted molar refractivity (Wildman–Crippen MR) is 101 cm³/mol. The van der Waals surface area contributed by atoms with E-state index < -0.39 is 0 Å². The first-order chi connectivity index (χ1) is 12.7. The van der Waals surface area contributed by atoms with Crippen molar-refractivity contribution in [2.75, 3.05) is 19.6 Å². The molecule has 0 radical (unpaired) electrons. The van der Waals surface area contributed by atoms with Gasteiger partial charge in [0, 0.05) is 24.2 Å². The summed E-state index contributed by atoms with van der Waals surface area (Å²) in [6.45, 7) is 3.30. The van der Waals surface area contributed by atoms with Gasteiger partial charge in [-0.15, -0.1) is 0 Å². The van der Waals surface area contributed by atoms with Gasteiger partial charge in [0.25, 0.3) is 5.91 Å². The minimum Gasteiger partial charge on any atom is -0.439 e. The largest absolute Gasteiger partial charge is 0.439 e. The molecule has 1 aromatic carbocycles. The van der Waals surface area contributed by atoms with E-state index in [1.54, 1.807) is 42.5 Å². The van der Waals surface area contributed by atoms with E-state index in [1.807, 2.05) is 0 Å². The molecule has 26 heavy (non-hydrogen) atoms. The molecule has 5 nitrogen and oxygen atoms in total. The Morgan fingerprint density at radius 1 is 1.15 bits per heavy atom. The molecule has 3 aliphatic heterocycles. The van der Waals surface area contributed by atoms with E-state index in [0.717, 1.165) is 18.9 Å². The fraction of sp³-hybridized carbons (Fsp3) is 0.400. The number of nitrogens with one attached hydrogen (secondary N) is 1. The summed E-state index contributed by atoms with van der Waals surface area (Å²) in [5.41, 5.74) is 0.642. The second-order valence-corrected chi connectivity index (χ2v) is 7.46. The molecule has 0 aliphatic carbocycles. The normalized spacial score (nSPS) is 24.7. The van der Waals surface area contributed by atoms with E-state index in [1.165, 1.54) is 25.9 Å². The van der Waals surface area contributed by atoms with Crippen molar-refractivity contribution in [2.45, 2.75) is 25.3 Å². The van der Waals surface area contributed by atoms with Crippen molar-refractivity contribution >= 4 is 17.5 Å². The van der Waals surface area contributed by atoms with Gasteiger partial charge >= 0.3 is 0 Å². The third-order valence-corrected chi connectivity index (χ3v) is 5.38. The summed E-state index contributed by atoms with van der Waals surface area (Å²) in [6, 6.07) is 12.6. The van der Waals surface area contributed by atoms with Gasteiger partial charge in [-0.05, 0) is 68.6 Å². The molecular formula is C20H22ClN3O2. The minimum atomic E-state index is -0.0232. The van der Waals surface area contributed by atoms with Crippen LogP contribution in [0.3, 0.4) is 0 Å². The van der Waals surface area contributed by atoms with Crippen LogP contribution in [0, 0.1) is 5.92 Å². The first-order valence-corrected chi connectivity index (χ1v) is 9.47. The number of ether oxygens (including phenoxy) is 1. The van der Waals surface area contributed by atoms with Gasteiger partial charge in [0.2, 0.25) is 5.88 Å². The van der Waals surface area contributed by atoms with Crippen molar-refractivity contribution in [1.29, 1.82) is 0 Å². The van der Waals surface area contributed by atoms with Crippen molar-refractivity contribution < 1.29 is 9.53 Å². The summed E-state index contributed by atoms with van der Waals surface area (Å²) in [5.74, 6) is 1.78. The molecule has 1 unspecified atom stereocenters. The van der Waals surface area contributed by atoms with Crippen LogP contribution in [0.2, 0.25) is 5.15 Å². The molecular weight excluding hydrogens is 350 g/mol. The van der Waals surface area contributed by atoms with Gasteiger partial charge in [0.15, 0.2) is 0 Å². The number of nitrogens with zero attached hydrogens (tertiary/aromatic N) is 2. The molecule has 3 fully saturated rings. The molecule has 1 aromatic heterocycles. The highest BCUT2D eigenvalue weighted by Crippen LogP contribution is 2.27. The Kier molecular flexibility index (Phi) is 5.09. The van der Waals surface area contributed by atoms with Gasteiger partial charge in [0.05, 0.1) is 0 Å². The summed E-state index contributed by atoms with van der Waals surface area (Å²) >= 11 is 5.86. The third kappa shape index (κ3) is 4.17. The molecule has 3 aliphatic rings. The summed E-state index contributed by atoms with van der Waals surface area (Å²) in [6.07, 6.45) is 3.61. The van der Waals surface area contributed by atoms with Crippen LogP contribution < -0.4 is 10.1 Å². The average Bonchev–Trinajstić information content (AvgIpc) is 2.94. The fourth-order valence-corrected chi connectivity index (χ4v) is 3.96. The molecule has 5 rings (SSSR count). The Labute approximate surface area is 158 Å². The summed E-state index contributed by atoms with van der Waals surface area (Å²) < 4.78 is 5.66. The molecule has 1 atom stereocenters. The number of rotatable bonds is 4. The van der Waals surface area contributed by atoms with Crippen molar-refractivity contribution in [1.82, 2.24) is 15.2 Å². The highest BCUT2D eigenvalue weighted by atomic mass is 35.5. The Hall–Kier alpha value is -2.11. The second-order valence-electron chi connectivity index (χ2n) is 7.08. The van der Waals surface area contributed by atoms with Crippen LogP contribution in [0.15, 0.2) is 42.5 Å². The number of carbonyl (C=O) groups excluding carboxylic acids is 1. The molecule has 2 aromatic rings. The molecule has 1 amide bonds. The van der Waals surface area contributed by atoms with Crippen LogP contribution in [0.1, 0.15) is 29.6 Å². The van der Waals surface area contributed by atoms with E-state index in [-0.39, 0.29) is 11.9 Å². The van der Waals surface area contributed by atoms with Crippen molar-refractivity contribution in [2.24, 2.45) is 5.92 Å². The number of halogens is 1. The van der Waals surface area contributed by atoms with Gasteiger partial charge in [0.1, 0.15) is 10.9 Å². The Morgan fingerprint density at radius 3 is 2.65 bits per heavy atom. The molecule has 4 heterocycles. The summed E-state index contributed by atoms with van der Waals surface area (Å²) in [4.78, 5) is 19.1. The topological polar surface area (TPSA) is 54.5 Å². The van der Waals surface area contributed by atoms with E-state index in [4.69, 9.17) is 16.3 Å². The van der Waals surface area contributed by atoms with Gasteiger partial charge in [-0.3, -0.25) is 4.79 Å².